The van der Waals surface area contributed by atoms with Gasteiger partial charge in [-0.15, -0.1) is 0 Å². The van der Waals surface area contributed by atoms with E-state index in [0.717, 1.165) is 36.0 Å². The second kappa shape index (κ2) is 11.4. The summed E-state index contributed by atoms with van der Waals surface area (Å²) in [5.41, 5.74) is 4.33. The van der Waals surface area contributed by atoms with Crippen molar-refractivity contribution in [1.29, 1.82) is 0 Å². The van der Waals surface area contributed by atoms with Crippen molar-refractivity contribution in [3.63, 3.8) is 0 Å². The highest BCUT2D eigenvalue weighted by Gasteiger charge is 2.00. The molecule has 0 aromatic carbocycles. The van der Waals surface area contributed by atoms with E-state index in [2.05, 4.69) is 35.8 Å². The molecule has 0 aliphatic carbocycles. The largest absolute Gasteiger partial charge is 0.264 e. The summed E-state index contributed by atoms with van der Waals surface area (Å²) in [6.07, 6.45) is 15.9. The number of aliphatic imine (C=N–C) groups is 1. The van der Waals surface area contributed by atoms with Crippen LogP contribution in [0.15, 0.2) is 72.7 Å². The van der Waals surface area contributed by atoms with Crippen LogP contribution < -0.4 is 0 Å². The quantitative estimate of drug-likeness (QED) is 0.273. The van der Waals surface area contributed by atoms with Crippen LogP contribution in [0.25, 0.3) is 5.57 Å². The molecule has 0 spiro atoms. The molecule has 0 radical (unpaired) electrons. The summed E-state index contributed by atoms with van der Waals surface area (Å²) in [6, 6.07) is 4.03. The molecule has 0 aliphatic rings. The standard InChI is InChI=1S/C21H28N2/c1-5-14-22-16-20(4)18(2)11-8-6-7-9-12-19(3)21-13-10-15-23-17-21/h5,10,13-17H,2-4,6-9,11-12H2,1H3/b14-5-,22-16?. The summed E-state index contributed by atoms with van der Waals surface area (Å²) in [6.45, 7) is 14.2. The topological polar surface area (TPSA) is 25.2 Å². The van der Waals surface area contributed by atoms with Crippen molar-refractivity contribution in [3.8, 4) is 0 Å². The Bertz CT molecular complexity index is 565. The second-order valence-corrected chi connectivity index (χ2v) is 5.65. The van der Waals surface area contributed by atoms with Crippen molar-refractivity contribution in [3.05, 3.63) is 73.2 Å². The van der Waals surface area contributed by atoms with Crippen molar-refractivity contribution in [1.82, 2.24) is 4.98 Å². The number of aromatic nitrogens is 1. The zero-order chi connectivity index (χ0) is 16.9. The van der Waals surface area contributed by atoms with E-state index in [-0.39, 0.29) is 0 Å². The molecule has 0 saturated carbocycles. The van der Waals surface area contributed by atoms with Crippen LogP contribution in [-0.4, -0.2) is 11.2 Å². The maximum absolute atomic E-state index is 4.14. The third-order valence-electron chi connectivity index (χ3n) is 3.70. The van der Waals surface area contributed by atoms with Gasteiger partial charge in [-0.05, 0) is 61.0 Å². The van der Waals surface area contributed by atoms with Crippen LogP contribution >= 0.6 is 0 Å². The Hall–Kier alpha value is -2.22. The number of nitrogens with zero attached hydrogens (tertiary/aromatic N) is 2. The van der Waals surface area contributed by atoms with Gasteiger partial charge in [0.25, 0.3) is 0 Å². The number of unbranched alkanes of at least 4 members (excludes halogenated alkanes) is 3. The fourth-order valence-corrected chi connectivity index (χ4v) is 2.22. The van der Waals surface area contributed by atoms with Gasteiger partial charge in [-0.2, -0.15) is 0 Å². The van der Waals surface area contributed by atoms with Crippen LogP contribution in [-0.2, 0) is 0 Å². The van der Waals surface area contributed by atoms with Crippen LogP contribution in [0.3, 0.4) is 0 Å². The lowest BCUT2D eigenvalue weighted by Gasteiger charge is -2.07. The van der Waals surface area contributed by atoms with Gasteiger partial charge in [-0.3, -0.25) is 9.98 Å². The van der Waals surface area contributed by atoms with E-state index in [1.54, 1.807) is 18.6 Å². The third-order valence-corrected chi connectivity index (χ3v) is 3.70. The monoisotopic (exact) mass is 308 g/mol. The molecule has 0 atom stereocenters. The third kappa shape index (κ3) is 8.10. The van der Waals surface area contributed by atoms with Crippen molar-refractivity contribution < 1.29 is 0 Å². The van der Waals surface area contributed by atoms with Crippen molar-refractivity contribution in [2.75, 3.05) is 0 Å². The Morgan fingerprint density at radius 2 is 1.87 bits per heavy atom. The summed E-state index contributed by atoms with van der Waals surface area (Å²) < 4.78 is 0. The highest BCUT2D eigenvalue weighted by atomic mass is 14.7. The molecule has 0 N–H and O–H groups in total. The van der Waals surface area contributed by atoms with Gasteiger partial charge < -0.3 is 0 Å². The number of allylic oxidation sites excluding steroid dienone is 4. The van der Waals surface area contributed by atoms with Gasteiger partial charge in [0, 0.05) is 24.8 Å². The first kappa shape index (κ1) is 18.8. The van der Waals surface area contributed by atoms with E-state index in [0.29, 0.717) is 0 Å². The minimum absolute atomic E-state index is 0.924. The lowest BCUT2D eigenvalue weighted by molar-refractivity contribution is 0.650. The Morgan fingerprint density at radius 3 is 2.52 bits per heavy atom. The van der Waals surface area contributed by atoms with Gasteiger partial charge >= 0.3 is 0 Å². The van der Waals surface area contributed by atoms with Gasteiger partial charge in [0.15, 0.2) is 0 Å². The molecule has 0 aliphatic heterocycles. The Morgan fingerprint density at radius 1 is 1.13 bits per heavy atom. The molecule has 122 valence electrons. The second-order valence-electron chi connectivity index (χ2n) is 5.65. The van der Waals surface area contributed by atoms with E-state index in [1.807, 2.05) is 25.3 Å². The molecule has 0 bridgehead atoms. The molecular weight excluding hydrogens is 280 g/mol. The Kier molecular flexibility index (Phi) is 9.30. The summed E-state index contributed by atoms with van der Waals surface area (Å²) in [5.74, 6) is 0. The zero-order valence-electron chi connectivity index (χ0n) is 14.3. The molecule has 1 heterocycles. The molecule has 1 rings (SSSR count). The van der Waals surface area contributed by atoms with E-state index in [9.17, 15) is 0 Å². The summed E-state index contributed by atoms with van der Waals surface area (Å²) in [4.78, 5) is 8.27. The molecule has 2 nitrogen and oxygen atoms in total. The summed E-state index contributed by atoms with van der Waals surface area (Å²) in [5, 5.41) is 0. The molecule has 1 aromatic rings. The first-order valence-corrected chi connectivity index (χ1v) is 8.24. The Labute approximate surface area is 141 Å². The van der Waals surface area contributed by atoms with Crippen LogP contribution in [0.5, 0.6) is 0 Å². The van der Waals surface area contributed by atoms with E-state index < -0.39 is 0 Å². The number of hydrogen-bond donors (Lipinski definition) is 0. The molecule has 23 heavy (non-hydrogen) atoms. The maximum atomic E-state index is 4.14. The van der Waals surface area contributed by atoms with Crippen molar-refractivity contribution in [2.24, 2.45) is 4.99 Å². The predicted octanol–water partition coefficient (Wildman–Crippen LogP) is 6.15. The molecule has 0 amide bonds. The van der Waals surface area contributed by atoms with Crippen LogP contribution in [0, 0.1) is 0 Å². The highest BCUT2D eigenvalue weighted by Crippen LogP contribution is 2.19. The van der Waals surface area contributed by atoms with E-state index >= 15 is 0 Å². The van der Waals surface area contributed by atoms with E-state index in [4.69, 9.17) is 0 Å². The Balaban J connectivity index is 2.12. The summed E-state index contributed by atoms with van der Waals surface area (Å²) >= 11 is 0. The van der Waals surface area contributed by atoms with E-state index in [1.165, 1.54) is 24.8 Å². The average Bonchev–Trinajstić information content (AvgIpc) is 2.58. The number of pyridine rings is 1. The van der Waals surface area contributed by atoms with Crippen molar-refractivity contribution in [2.45, 2.75) is 45.4 Å². The smallest absolute Gasteiger partial charge is 0.0342 e. The van der Waals surface area contributed by atoms with Gasteiger partial charge in [-0.1, -0.05) is 44.7 Å². The fourth-order valence-electron chi connectivity index (χ4n) is 2.22. The molecular formula is C21H28N2. The van der Waals surface area contributed by atoms with Crippen LogP contribution in [0.2, 0.25) is 0 Å². The molecule has 0 saturated heterocycles. The predicted molar refractivity (Wildman–Crippen MR) is 103 cm³/mol. The van der Waals surface area contributed by atoms with Crippen LogP contribution in [0.1, 0.15) is 51.0 Å². The molecule has 1 aromatic heterocycles. The lowest BCUT2D eigenvalue weighted by Crippen LogP contribution is -1.90. The number of hydrogen-bond acceptors (Lipinski definition) is 2. The minimum Gasteiger partial charge on any atom is -0.264 e. The SMILES string of the molecule is C=C(C=N/C=C\C)C(=C)CCCCCCC(=C)c1cccnc1. The average molecular weight is 308 g/mol. The highest BCUT2D eigenvalue weighted by molar-refractivity contribution is 5.83. The van der Waals surface area contributed by atoms with Gasteiger partial charge in [0.05, 0.1) is 0 Å². The first-order valence-electron chi connectivity index (χ1n) is 8.24. The summed E-state index contributed by atoms with van der Waals surface area (Å²) in [7, 11) is 0. The molecule has 0 unspecified atom stereocenters. The van der Waals surface area contributed by atoms with Crippen LogP contribution in [0.4, 0.5) is 0 Å². The number of rotatable bonds is 11. The zero-order valence-corrected chi connectivity index (χ0v) is 14.3. The van der Waals surface area contributed by atoms with Crippen molar-refractivity contribution >= 4 is 11.8 Å². The van der Waals surface area contributed by atoms with Gasteiger partial charge in [-0.25, -0.2) is 0 Å². The molecule has 0 fully saturated rings. The van der Waals surface area contributed by atoms with Gasteiger partial charge in [0.2, 0.25) is 0 Å². The fraction of sp³-hybridized carbons (Fsp3) is 0.333. The maximum Gasteiger partial charge on any atom is 0.0342 e. The first-order chi connectivity index (χ1) is 11.1. The minimum atomic E-state index is 0.924. The normalized spacial score (nSPS) is 11.2. The van der Waals surface area contributed by atoms with Gasteiger partial charge in [0.1, 0.15) is 0 Å². The lowest BCUT2D eigenvalue weighted by atomic mass is 10.00. The molecule has 2 heteroatoms.